The Hall–Kier alpha value is -0.880. The Balaban J connectivity index is 2.27. The topological polar surface area (TPSA) is 50.2 Å². The number of anilines is 1. The molecule has 1 aromatic heterocycles. The van der Waals surface area contributed by atoms with Gasteiger partial charge in [0.1, 0.15) is 4.47 Å². The molecule has 0 spiro atoms. The summed E-state index contributed by atoms with van der Waals surface area (Å²) in [6.07, 6.45) is 4.25. The standard InChI is InChI=1S/C15H25BrN4O/c1-4-20-15(21)14(16)13(8-18-20)19(9-11(2)3)10-12-6-5-7-17-12/h8,11-12,17H,4-7,9-10H2,1-3H3. The number of rotatable bonds is 6. The van der Waals surface area contributed by atoms with Crippen molar-refractivity contribution in [1.82, 2.24) is 15.1 Å². The van der Waals surface area contributed by atoms with Crippen LogP contribution in [-0.2, 0) is 6.54 Å². The molecular weight excluding hydrogens is 332 g/mol. The Morgan fingerprint density at radius 1 is 1.57 bits per heavy atom. The molecule has 21 heavy (non-hydrogen) atoms. The number of halogens is 1. The van der Waals surface area contributed by atoms with Crippen molar-refractivity contribution in [3.8, 4) is 0 Å². The van der Waals surface area contributed by atoms with Gasteiger partial charge in [0, 0.05) is 25.7 Å². The first-order valence-corrected chi connectivity index (χ1v) is 8.56. The summed E-state index contributed by atoms with van der Waals surface area (Å²) in [6, 6.07) is 0.504. The first kappa shape index (κ1) is 16.5. The quantitative estimate of drug-likeness (QED) is 0.849. The lowest BCUT2D eigenvalue weighted by Crippen LogP contribution is -2.40. The Morgan fingerprint density at radius 3 is 2.90 bits per heavy atom. The molecule has 1 aliphatic heterocycles. The summed E-state index contributed by atoms with van der Waals surface area (Å²) in [5, 5.41) is 7.80. The molecular formula is C15H25BrN4O. The maximum Gasteiger partial charge on any atom is 0.283 e. The van der Waals surface area contributed by atoms with E-state index in [0.29, 0.717) is 23.0 Å². The molecule has 2 heterocycles. The van der Waals surface area contributed by atoms with Crippen LogP contribution < -0.4 is 15.8 Å². The molecule has 0 aromatic carbocycles. The van der Waals surface area contributed by atoms with Crippen molar-refractivity contribution in [2.24, 2.45) is 5.92 Å². The monoisotopic (exact) mass is 356 g/mol. The van der Waals surface area contributed by atoms with E-state index in [1.807, 2.05) is 13.1 Å². The van der Waals surface area contributed by atoms with E-state index < -0.39 is 0 Å². The van der Waals surface area contributed by atoms with E-state index in [0.717, 1.165) is 25.3 Å². The molecule has 6 heteroatoms. The van der Waals surface area contributed by atoms with Crippen LogP contribution in [0, 0.1) is 5.92 Å². The molecule has 1 saturated heterocycles. The van der Waals surface area contributed by atoms with Gasteiger partial charge in [0.25, 0.3) is 5.56 Å². The first-order valence-electron chi connectivity index (χ1n) is 7.76. The largest absolute Gasteiger partial charge is 0.367 e. The number of aromatic nitrogens is 2. The van der Waals surface area contributed by atoms with Crippen LogP contribution in [0.1, 0.15) is 33.6 Å². The van der Waals surface area contributed by atoms with Crippen molar-refractivity contribution in [3.63, 3.8) is 0 Å². The van der Waals surface area contributed by atoms with Crippen LogP contribution in [-0.4, -0.2) is 35.5 Å². The van der Waals surface area contributed by atoms with Crippen molar-refractivity contribution in [3.05, 3.63) is 21.0 Å². The number of hydrogen-bond acceptors (Lipinski definition) is 4. The van der Waals surface area contributed by atoms with Gasteiger partial charge < -0.3 is 10.2 Å². The van der Waals surface area contributed by atoms with Crippen LogP contribution in [0.2, 0.25) is 0 Å². The smallest absolute Gasteiger partial charge is 0.283 e. The Bertz CT molecular complexity index is 523. The fraction of sp³-hybridized carbons (Fsp3) is 0.733. The average molecular weight is 357 g/mol. The maximum absolute atomic E-state index is 12.3. The molecule has 0 amide bonds. The summed E-state index contributed by atoms with van der Waals surface area (Å²) < 4.78 is 2.10. The number of hydrogen-bond donors (Lipinski definition) is 1. The average Bonchev–Trinajstić information content (AvgIpc) is 2.93. The van der Waals surface area contributed by atoms with Gasteiger partial charge in [-0.25, -0.2) is 4.68 Å². The molecule has 5 nitrogen and oxygen atoms in total. The van der Waals surface area contributed by atoms with Gasteiger partial charge >= 0.3 is 0 Å². The minimum Gasteiger partial charge on any atom is -0.367 e. The van der Waals surface area contributed by atoms with E-state index >= 15 is 0 Å². The van der Waals surface area contributed by atoms with Crippen molar-refractivity contribution in [1.29, 1.82) is 0 Å². The summed E-state index contributed by atoms with van der Waals surface area (Å²) in [6.45, 7) is 9.85. The predicted molar refractivity (Wildman–Crippen MR) is 89.9 cm³/mol. The molecule has 0 saturated carbocycles. The molecule has 1 N–H and O–H groups in total. The fourth-order valence-corrected chi connectivity index (χ4v) is 3.35. The van der Waals surface area contributed by atoms with E-state index in [1.165, 1.54) is 17.5 Å². The van der Waals surface area contributed by atoms with Crippen molar-refractivity contribution < 1.29 is 0 Å². The number of nitrogens with one attached hydrogen (secondary N) is 1. The normalized spacial score (nSPS) is 18.4. The zero-order valence-corrected chi connectivity index (χ0v) is 14.7. The van der Waals surface area contributed by atoms with Crippen LogP contribution in [0.25, 0.3) is 0 Å². The van der Waals surface area contributed by atoms with Gasteiger partial charge in [-0.3, -0.25) is 4.79 Å². The third-order valence-electron chi connectivity index (χ3n) is 3.80. The van der Waals surface area contributed by atoms with Crippen LogP contribution in [0.3, 0.4) is 0 Å². The summed E-state index contributed by atoms with van der Waals surface area (Å²) >= 11 is 3.48. The molecule has 2 rings (SSSR count). The van der Waals surface area contributed by atoms with E-state index in [4.69, 9.17) is 0 Å². The van der Waals surface area contributed by atoms with Crippen LogP contribution >= 0.6 is 15.9 Å². The molecule has 1 atom stereocenters. The maximum atomic E-state index is 12.3. The highest BCUT2D eigenvalue weighted by atomic mass is 79.9. The Kier molecular flexibility index (Phi) is 5.81. The molecule has 0 aliphatic carbocycles. The van der Waals surface area contributed by atoms with Crippen LogP contribution in [0.5, 0.6) is 0 Å². The summed E-state index contributed by atoms with van der Waals surface area (Å²) in [5.41, 5.74) is 0.857. The first-order chi connectivity index (χ1) is 10.0. The van der Waals surface area contributed by atoms with Crippen molar-refractivity contribution in [2.75, 3.05) is 24.5 Å². The number of aryl methyl sites for hydroxylation is 1. The van der Waals surface area contributed by atoms with Gasteiger partial charge in [-0.1, -0.05) is 13.8 Å². The molecule has 1 aliphatic rings. The second-order valence-electron chi connectivity index (χ2n) is 6.06. The van der Waals surface area contributed by atoms with Gasteiger partial charge in [0.05, 0.1) is 11.9 Å². The van der Waals surface area contributed by atoms with Gasteiger partial charge in [0.2, 0.25) is 0 Å². The Morgan fingerprint density at radius 2 is 2.33 bits per heavy atom. The molecule has 1 fully saturated rings. The van der Waals surface area contributed by atoms with Crippen LogP contribution in [0.15, 0.2) is 15.5 Å². The van der Waals surface area contributed by atoms with E-state index in [-0.39, 0.29) is 5.56 Å². The second-order valence-corrected chi connectivity index (χ2v) is 6.85. The van der Waals surface area contributed by atoms with Crippen molar-refractivity contribution >= 4 is 21.6 Å². The minimum absolute atomic E-state index is 0.0527. The van der Waals surface area contributed by atoms with Gasteiger partial charge in [-0.15, -0.1) is 0 Å². The molecule has 1 unspecified atom stereocenters. The molecule has 1 aromatic rings. The highest BCUT2D eigenvalue weighted by molar-refractivity contribution is 9.10. The Labute approximate surface area is 134 Å². The molecule has 0 bridgehead atoms. The minimum atomic E-state index is -0.0527. The third-order valence-corrected chi connectivity index (χ3v) is 4.54. The van der Waals surface area contributed by atoms with Crippen molar-refractivity contribution in [2.45, 2.75) is 46.2 Å². The summed E-state index contributed by atoms with van der Waals surface area (Å²) in [5.74, 6) is 0.534. The molecule has 0 radical (unpaired) electrons. The highest BCUT2D eigenvalue weighted by Gasteiger charge is 2.21. The highest BCUT2D eigenvalue weighted by Crippen LogP contribution is 2.24. The zero-order valence-electron chi connectivity index (χ0n) is 13.1. The number of nitrogens with zero attached hydrogens (tertiary/aromatic N) is 3. The lowest BCUT2D eigenvalue weighted by molar-refractivity contribution is 0.536. The molecule has 118 valence electrons. The SMILES string of the molecule is CCn1ncc(N(CC(C)C)CC2CCCN2)c(Br)c1=O. The fourth-order valence-electron chi connectivity index (χ4n) is 2.79. The zero-order chi connectivity index (χ0) is 15.4. The second kappa shape index (κ2) is 7.40. The van der Waals surface area contributed by atoms with E-state index in [1.54, 1.807) is 0 Å². The van der Waals surface area contributed by atoms with Gasteiger partial charge in [-0.2, -0.15) is 5.10 Å². The lowest BCUT2D eigenvalue weighted by Gasteiger charge is -2.30. The summed E-state index contributed by atoms with van der Waals surface area (Å²) in [4.78, 5) is 14.5. The van der Waals surface area contributed by atoms with E-state index in [9.17, 15) is 4.79 Å². The predicted octanol–water partition coefficient (Wildman–Crippen LogP) is 2.24. The van der Waals surface area contributed by atoms with Gasteiger partial charge in [0.15, 0.2) is 0 Å². The summed E-state index contributed by atoms with van der Waals surface area (Å²) in [7, 11) is 0. The van der Waals surface area contributed by atoms with E-state index in [2.05, 4.69) is 45.1 Å². The van der Waals surface area contributed by atoms with Crippen LogP contribution in [0.4, 0.5) is 5.69 Å². The lowest BCUT2D eigenvalue weighted by atomic mass is 10.1. The van der Waals surface area contributed by atoms with Gasteiger partial charge in [-0.05, 0) is 48.2 Å². The third kappa shape index (κ3) is 4.07.